The number of carbonyl (C=O) groups is 3. The summed E-state index contributed by atoms with van der Waals surface area (Å²) < 4.78 is 5.29. The quantitative estimate of drug-likeness (QED) is 0.673. The zero-order chi connectivity index (χ0) is 13.1. The third-order valence-electron chi connectivity index (χ3n) is 3.19. The Morgan fingerprint density at radius 2 is 2.28 bits per heavy atom. The molecule has 2 fully saturated rings. The molecule has 0 saturated carbocycles. The number of nitrogens with zero attached hydrogens (tertiary/aromatic N) is 1. The van der Waals surface area contributed by atoms with Crippen molar-refractivity contribution < 1.29 is 24.2 Å². The van der Waals surface area contributed by atoms with Gasteiger partial charge >= 0.3 is 5.97 Å². The van der Waals surface area contributed by atoms with Crippen LogP contribution in [0.5, 0.6) is 0 Å². The van der Waals surface area contributed by atoms with Crippen molar-refractivity contribution in [2.45, 2.75) is 31.4 Å². The van der Waals surface area contributed by atoms with Crippen molar-refractivity contribution in [3.8, 4) is 0 Å². The molecule has 0 aromatic carbocycles. The maximum atomic E-state index is 12.2. The molecule has 2 saturated heterocycles. The lowest BCUT2D eigenvalue weighted by atomic mass is 10.1. The second-order valence-electron chi connectivity index (χ2n) is 4.44. The van der Waals surface area contributed by atoms with Crippen molar-refractivity contribution >= 4 is 17.8 Å². The van der Waals surface area contributed by atoms with E-state index >= 15 is 0 Å². The molecule has 18 heavy (non-hydrogen) atoms. The summed E-state index contributed by atoms with van der Waals surface area (Å²) in [6, 6.07) is -0.923. The third-order valence-corrected chi connectivity index (χ3v) is 3.19. The highest BCUT2D eigenvalue weighted by Gasteiger charge is 2.38. The number of aliphatic carboxylic acids is 1. The summed E-state index contributed by atoms with van der Waals surface area (Å²) in [7, 11) is 0. The van der Waals surface area contributed by atoms with Crippen LogP contribution < -0.4 is 5.32 Å². The van der Waals surface area contributed by atoms with Crippen LogP contribution in [0, 0.1) is 0 Å². The predicted octanol–water partition coefficient (Wildman–Crippen LogP) is -1.03. The van der Waals surface area contributed by atoms with Gasteiger partial charge in [0.1, 0.15) is 12.1 Å². The van der Waals surface area contributed by atoms with E-state index in [1.165, 1.54) is 4.90 Å². The Kier molecular flexibility index (Phi) is 3.81. The zero-order valence-electron chi connectivity index (χ0n) is 9.92. The van der Waals surface area contributed by atoms with Crippen LogP contribution in [0.3, 0.4) is 0 Å². The van der Waals surface area contributed by atoms with Gasteiger partial charge in [0.2, 0.25) is 5.91 Å². The van der Waals surface area contributed by atoms with Gasteiger partial charge in [0.15, 0.2) is 0 Å². The Morgan fingerprint density at radius 3 is 2.89 bits per heavy atom. The number of amides is 2. The first-order chi connectivity index (χ1) is 8.59. The molecule has 0 aromatic heterocycles. The molecule has 2 N–H and O–H groups in total. The van der Waals surface area contributed by atoms with Gasteiger partial charge in [0.05, 0.1) is 6.42 Å². The monoisotopic (exact) mass is 256 g/mol. The van der Waals surface area contributed by atoms with Crippen LogP contribution in [0.1, 0.15) is 19.3 Å². The van der Waals surface area contributed by atoms with Gasteiger partial charge in [0, 0.05) is 19.7 Å². The number of hydrogen-bond acceptors (Lipinski definition) is 4. The highest BCUT2D eigenvalue weighted by Crippen LogP contribution is 2.18. The average Bonchev–Trinajstić information content (AvgIpc) is 2.84. The molecule has 2 rings (SSSR count). The molecule has 100 valence electrons. The minimum Gasteiger partial charge on any atom is -0.481 e. The standard InChI is InChI=1S/C11H16N2O5/c14-9(15)6-7-10(16)12-3-4-13(7)11(17)8-2-1-5-18-8/h7-8H,1-6H2,(H,12,16)(H,14,15). The van der Waals surface area contributed by atoms with Crippen LogP contribution in [-0.2, 0) is 19.1 Å². The molecule has 0 radical (unpaired) electrons. The normalized spacial score (nSPS) is 28.0. The molecule has 2 unspecified atom stereocenters. The summed E-state index contributed by atoms with van der Waals surface area (Å²) in [4.78, 5) is 35.9. The first kappa shape index (κ1) is 12.8. The van der Waals surface area contributed by atoms with Crippen molar-refractivity contribution in [1.29, 1.82) is 0 Å². The molecule has 0 aromatic rings. The number of carboxylic acids is 1. The minimum atomic E-state index is -1.10. The van der Waals surface area contributed by atoms with Crippen molar-refractivity contribution in [2.75, 3.05) is 19.7 Å². The molecule has 2 aliphatic rings. The van der Waals surface area contributed by atoms with E-state index in [1.54, 1.807) is 0 Å². The van der Waals surface area contributed by atoms with Crippen molar-refractivity contribution in [3.05, 3.63) is 0 Å². The van der Waals surface area contributed by atoms with Crippen LogP contribution in [0.2, 0.25) is 0 Å². The summed E-state index contributed by atoms with van der Waals surface area (Å²) in [6.07, 6.45) is 0.563. The van der Waals surface area contributed by atoms with E-state index in [0.717, 1.165) is 6.42 Å². The minimum absolute atomic E-state index is 0.270. The van der Waals surface area contributed by atoms with E-state index in [-0.39, 0.29) is 12.3 Å². The molecule has 7 nitrogen and oxygen atoms in total. The Hall–Kier alpha value is -1.63. The van der Waals surface area contributed by atoms with Crippen molar-refractivity contribution in [1.82, 2.24) is 10.2 Å². The topological polar surface area (TPSA) is 95.9 Å². The van der Waals surface area contributed by atoms with Gasteiger partial charge in [0.25, 0.3) is 5.91 Å². The predicted molar refractivity (Wildman–Crippen MR) is 59.7 cm³/mol. The lowest BCUT2D eigenvalue weighted by Gasteiger charge is -2.35. The molecule has 2 heterocycles. The van der Waals surface area contributed by atoms with E-state index in [0.29, 0.717) is 26.1 Å². The smallest absolute Gasteiger partial charge is 0.305 e. The third kappa shape index (κ3) is 2.61. The van der Waals surface area contributed by atoms with Gasteiger partial charge in [-0.2, -0.15) is 0 Å². The van der Waals surface area contributed by atoms with Gasteiger partial charge < -0.3 is 20.1 Å². The first-order valence-corrected chi connectivity index (χ1v) is 6.01. The van der Waals surface area contributed by atoms with Crippen LogP contribution in [0.25, 0.3) is 0 Å². The summed E-state index contributed by atoms with van der Waals surface area (Å²) in [5.74, 6) is -1.77. The first-order valence-electron chi connectivity index (χ1n) is 6.01. The van der Waals surface area contributed by atoms with Crippen LogP contribution in [-0.4, -0.2) is 59.6 Å². The molecular formula is C11H16N2O5. The molecule has 2 aliphatic heterocycles. The molecule has 2 amide bonds. The Labute approximate surface area is 104 Å². The van der Waals surface area contributed by atoms with Crippen molar-refractivity contribution in [2.24, 2.45) is 0 Å². The maximum Gasteiger partial charge on any atom is 0.305 e. The largest absolute Gasteiger partial charge is 0.481 e. The number of piperazine rings is 1. The zero-order valence-corrected chi connectivity index (χ0v) is 9.92. The molecule has 0 spiro atoms. The molecular weight excluding hydrogens is 240 g/mol. The van der Waals surface area contributed by atoms with Crippen molar-refractivity contribution in [3.63, 3.8) is 0 Å². The van der Waals surface area contributed by atoms with E-state index in [9.17, 15) is 14.4 Å². The summed E-state index contributed by atoms with van der Waals surface area (Å²) in [6.45, 7) is 1.23. The van der Waals surface area contributed by atoms with Crippen LogP contribution >= 0.6 is 0 Å². The van der Waals surface area contributed by atoms with Gasteiger partial charge in [-0.1, -0.05) is 0 Å². The number of ether oxygens (including phenoxy) is 1. The fraction of sp³-hybridized carbons (Fsp3) is 0.727. The molecule has 0 bridgehead atoms. The summed E-state index contributed by atoms with van der Waals surface area (Å²) >= 11 is 0. The second-order valence-corrected chi connectivity index (χ2v) is 4.44. The van der Waals surface area contributed by atoms with Gasteiger partial charge in [-0.15, -0.1) is 0 Å². The van der Waals surface area contributed by atoms with Gasteiger partial charge in [-0.05, 0) is 12.8 Å². The van der Waals surface area contributed by atoms with Crippen LogP contribution in [0.4, 0.5) is 0 Å². The molecule has 2 atom stereocenters. The number of hydrogen-bond donors (Lipinski definition) is 2. The number of carboxylic acid groups (broad SMARTS) is 1. The van der Waals surface area contributed by atoms with Crippen LogP contribution in [0.15, 0.2) is 0 Å². The number of nitrogens with one attached hydrogen (secondary N) is 1. The molecule has 0 aliphatic carbocycles. The average molecular weight is 256 g/mol. The SMILES string of the molecule is O=C(O)CC1C(=O)NCCN1C(=O)C1CCCO1. The number of carbonyl (C=O) groups excluding carboxylic acids is 2. The lowest BCUT2D eigenvalue weighted by molar-refractivity contribution is -0.153. The highest BCUT2D eigenvalue weighted by molar-refractivity contribution is 5.92. The highest BCUT2D eigenvalue weighted by atomic mass is 16.5. The summed E-state index contributed by atoms with van der Waals surface area (Å²) in [5.41, 5.74) is 0. The molecule has 7 heteroatoms. The Balaban J connectivity index is 2.09. The van der Waals surface area contributed by atoms with E-state index in [2.05, 4.69) is 5.32 Å². The summed E-state index contributed by atoms with van der Waals surface area (Å²) in [5, 5.41) is 11.4. The van der Waals surface area contributed by atoms with E-state index < -0.39 is 24.0 Å². The maximum absolute atomic E-state index is 12.2. The van der Waals surface area contributed by atoms with E-state index in [1.807, 2.05) is 0 Å². The Morgan fingerprint density at radius 1 is 1.50 bits per heavy atom. The second kappa shape index (κ2) is 5.34. The van der Waals surface area contributed by atoms with E-state index in [4.69, 9.17) is 9.84 Å². The van der Waals surface area contributed by atoms with Gasteiger partial charge in [-0.25, -0.2) is 0 Å². The number of rotatable bonds is 3. The van der Waals surface area contributed by atoms with Gasteiger partial charge in [-0.3, -0.25) is 14.4 Å². The fourth-order valence-electron chi connectivity index (χ4n) is 2.30. The Bertz CT molecular complexity index is 364. The lowest BCUT2D eigenvalue weighted by Crippen LogP contribution is -2.59. The fourth-order valence-corrected chi connectivity index (χ4v) is 2.30.